The Morgan fingerprint density at radius 2 is 2.04 bits per heavy atom. The number of aromatic nitrogens is 2. The van der Waals surface area contributed by atoms with Gasteiger partial charge < -0.3 is 4.90 Å². The molecule has 3 heterocycles. The van der Waals surface area contributed by atoms with E-state index in [1.165, 1.54) is 11.4 Å². The molecule has 0 unspecified atom stereocenters. The third-order valence-electron chi connectivity index (χ3n) is 4.95. The third kappa shape index (κ3) is 3.07. The van der Waals surface area contributed by atoms with E-state index in [9.17, 15) is 13.2 Å². The average Bonchev–Trinajstić information content (AvgIpc) is 3.18. The molecule has 134 valence electrons. The van der Waals surface area contributed by atoms with Crippen molar-refractivity contribution in [2.75, 3.05) is 20.1 Å². The molecule has 24 heavy (non-hydrogen) atoms. The maximum atomic E-state index is 12.8. The van der Waals surface area contributed by atoms with Gasteiger partial charge in [0, 0.05) is 38.4 Å². The summed E-state index contributed by atoms with van der Waals surface area (Å²) in [5.74, 6) is -0.0920. The summed E-state index contributed by atoms with van der Waals surface area (Å²) in [4.78, 5) is 14.6. The van der Waals surface area contributed by atoms with E-state index in [1.54, 1.807) is 9.58 Å². The lowest BCUT2D eigenvalue weighted by Gasteiger charge is -2.37. The number of aryl methyl sites for hydroxylation is 2. The summed E-state index contributed by atoms with van der Waals surface area (Å²) >= 11 is 0. The van der Waals surface area contributed by atoms with Gasteiger partial charge in [0.2, 0.25) is 5.91 Å². The van der Waals surface area contributed by atoms with Crippen LogP contribution in [0, 0.1) is 6.92 Å². The van der Waals surface area contributed by atoms with Crippen molar-refractivity contribution in [1.29, 1.82) is 0 Å². The number of carbonyl (C=O) groups is 1. The molecule has 2 aliphatic rings. The van der Waals surface area contributed by atoms with Gasteiger partial charge in [-0.25, -0.2) is 0 Å². The number of nitrogens with one attached hydrogen (secondary N) is 1. The van der Waals surface area contributed by atoms with Crippen LogP contribution in [0.25, 0.3) is 0 Å². The van der Waals surface area contributed by atoms with Crippen LogP contribution >= 0.6 is 0 Å². The molecule has 1 N–H and O–H groups in total. The summed E-state index contributed by atoms with van der Waals surface area (Å²) in [5.41, 5.74) is 1.63. The molecule has 9 heteroatoms. The second-order valence-electron chi connectivity index (χ2n) is 6.50. The first-order chi connectivity index (χ1) is 11.3. The van der Waals surface area contributed by atoms with Crippen molar-refractivity contribution < 1.29 is 13.2 Å². The number of rotatable bonds is 3. The number of likely N-dealkylation sites (N-methyl/N-ethyl adjacent to an activating group) is 1. The number of likely N-dealkylation sites (tertiary alicyclic amines) is 1. The number of nitrogens with zero attached hydrogens (tertiary/aromatic N) is 4. The van der Waals surface area contributed by atoms with Gasteiger partial charge in [0.1, 0.15) is 6.04 Å². The zero-order chi connectivity index (χ0) is 17.5. The first-order valence-electron chi connectivity index (χ1n) is 8.41. The average molecular weight is 355 g/mol. The number of amides is 1. The molecule has 2 saturated heterocycles. The van der Waals surface area contributed by atoms with Gasteiger partial charge in [0.05, 0.1) is 11.7 Å². The molecule has 1 amide bonds. The van der Waals surface area contributed by atoms with Crippen LogP contribution in [0.1, 0.15) is 43.5 Å². The van der Waals surface area contributed by atoms with Gasteiger partial charge in [0.25, 0.3) is 10.2 Å². The molecule has 2 atom stereocenters. The van der Waals surface area contributed by atoms with Gasteiger partial charge in [-0.3, -0.25) is 9.48 Å². The van der Waals surface area contributed by atoms with Crippen LogP contribution in [0.5, 0.6) is 0 Å². The summed E-state index contributed by atoms with van der Waals surface area (Å²) in [5, 5.41) is 4.39. The zero-order valence-corrected chi connectivity index (χ0v) is 15.2. The van der Waals surface area contributed by atoms with Gasteiger partial charge in [-0.05, 0) is 33.1 Å². The van der Waals surface area contributed by atoms with E-state index in [0.29, 0.717) is 19.5 Å². The highest BCUT2D eigenvalue weighted by atomic mass is 32.2. The van der Waals surface area contributed by atoms with Gasteiger partial charge in [0.15, 0.2) is 0 Å². The van der Waals surface area contributed by atoms with E-state index < -0.39 is 22.3 Å². The summed E-state index contributed by atoms with van der Waals surface area (Å²) in [6, 6.07) is -1.09. The highest BCUT2D eigenvalue weighted by Gasteiger charge is 2.43. The molecule has 0 aliphatic carbocycles. The number of hydrogen-bond acceptors (Lipinski definition) is 4. The second-order valence-corrected chi connectivity index (χ2v) is 8.26. The van der Waals surface area contributed by atoms with Crippen molar-refractivity contribution in [2.45, 2.75) is 51.7 Å². The van der Waals surface area contributed by atoms with E-state index >= 15 is 0 Å². The lowest BCUT2D eigenvalue weighted by molar-refractivity contribution is -0.134. The highest BCUT2D eigenvalue weighted by molar-refractivity contribution is 7.87. The van der Waals surface area contributed by atoms with Crippen LogP contribution < -0.4 is 4.72 Å². The maximum absolute atomic E-state index is 12.8. The van der Waals surface area contributed by atoms with E-state index in [4.69, 9.17) is 0 Å². The maximum Gasteiger partial charge on any atom is 0.280 e. The van der Waals surface area contributed by atoms with E-state index in [1.807, 2.05) is 20.0 Å². The van der Waals surface area contributed by atoms with Gasteiger partial charge >= 0.3 is 0 Å². The Kier molecular flexibility index (Phi) is 4.67. The van der Waals surface area contributed by atoms with Crippen LogP contribution in [0.3, 0.4) is 0 Å². The highest BCUT2D eigenvalue weighted by Crippen LogP contribution is 2.30. The monoisotopic (exact) mass is 355 g/mol. The van der Waals surface area contributed by atoms with Crippen molar-refractivity contribution in [2.24, 2.45) is 0 Å². The minimum absolute atomic E-state index is 0.0920. The number of hydrogen-bond donors (Lipinski definition) is 1. The summed E-state index contributed by atoms with van der Waals surface area (Å²) in [6.07, 6.45) is 4.25. The fraction of sp³-hybridized carbons (Fsp3) is 0.733. The van der Waals surface area contributed by atoms with Crippen molar-refractivity contribution in [3.05, 3.63) is 17.5 Å². The van der Waals surface area contributed by atoms with Crippen molar-refractivity contribution in [1.82, 2.24) is 23.7 Å². The molecule has 2 fully saturated rings. The lowest BCUT2D eigenvalue weighted by atomic mass is 10.00. The molecular weight excluding hydrogens is 330 g/mol. The Balaban J connectivity index is 1.89. The standard InChI is InChI=1S/C15H25N5O3S/c1-4-20-10-12(11(2)16-20)13-9-14(18(3)24(22,23)17-13)15(21)19-7-5-6-8-19/h10,13-14,17H,4-9H2,1-3H3/t13-,14+/m0/s1. The van der Waals surface area contributed by atoms with E-state index in [-0.39, 0.29) is 5.91 Å². The third-order valence-corrected chi connectivity index (χ3v) is 6.55. The van der Waals surface area contributed by atoms with Crippen LogP contribution in [0.2, 0.25) is 0 Å². The summed E-state index contributed by atoms with van der Waals surface area (Å²) in [6.45, 7) is 6.00. The molecule has 1 aromatic heterocycles. The lowest BCUT2D eigenvalue weighted by Crippen LogP contribution is -2.57. The Morgan fingerprint density at radius 1 is 1.38 bits per heavy atom. The van der Waals surface area contributed by atoms with Crippen LogP contribution in [-0.4, -0.2) is 59.5 Å². The molecule has 0 radical (unpaired) electrons. The molecule has 0 spiro atoms. The fourth-order valence-electron chi connectivity index (χ4n) is 3.48. The summed E-state index contributed by atoms with van der Waals surface area (Å²) < 4.78 is 30.6. The molecule has 1 aromatic rings. The quantitative estimate of drug-likeness (QED) is 0.851. The van der Waals surface area contributed by atoms with Crippen LogP contribution in [0.4, 0.5) is 0 Å². The first kappa shape index (κ1) is 17.4. The van der Waals surface area contributed by atoms with Crippen molar-refractivity contribution in [3.8, 4) is 0 Å². The Morgan fingerprint density at radius 3 is 2.62 bits per heavy atom. The zero-order valence-electron chi connectivity index (χ0n) is 14.4. The van der Waals surface area contributed by atoms with E-state index in [2.05, 4.69) is 9.82 Å². The minimum Gasteiger partial charge on any atom is -0.341 e. The fourth-order valence-corrected chi connectivity index (χ4v) is 4.74. The molecule has 3 rings (SSSR count). The summed E-state index contributed by atoms with van der Waals surface area (Å²) in [7, 11) is -2.23. The predicted octanol–water partition coefficient (Wildman–Crippen LogP) is 0.413. The Labute approximate surface area is 143 Å². The minimum atomic E-state index is -3.70. The molecular formula is C15H25N5O3S. The SMILES string of the molecule is CCn1cc([C@@H]2C[C@H](C(=O)N3CCCC3)N(C)S(=O)(=O)N2)c(C)n1. The van der Waals surface area contributed by atoms with Gasteiger partial charge in [-0.1, -0.05) is 0 Å². The van der Waals surface area contributed by atoms with E-state index in [0.717, 1.165) is 30.6 Å². The smallest absolute Gasteiger partial charge is 0.280 e. The molecule has 0 saturated carbocycles. The van der Waals surface area contributed by atoms with Gasteiger partial charge in [-0.15, -0.1) is 0 Å². The molecule has 8 nitrogen and oxygen atoms in total. The molecule has 2 aliphatic heterocycles. The second kappa shape index (κ2) is 6.45. The van der Waals surface area contributed by atoms with Crippen LogP contribution in [0.15, 0.2) is 6.20 Å². The molecule has 0 bridgehead atoms. The topological polar surface area (TPSA) is 87.5 Å². The predicted molar refractivity (Wildman–Crippen MR) is 89.4 cm³/mol. The Bertz CT molecular complexity index is 723. The van der Waals surface area contributed by atoms with Crippen molar-refractivity contribution in [3.63, 3.8) is 0 Å². The van der Waals surface area contributed by atoms with Crippen molar-refractivity contribution >= 4 is 16.1 Å². The molecule has 0 aromatic carbocycles. The normalized spacial score (nSPS) is 27.5. The largest absolute Gasteiger partial charge is 0.341 e. The Hall–Kier alpha value is -1.45. The van der Waals surface area contributed by atoms with Gasteiger partial charge in [-0.2, -0.15) is 22.5 Å². The van der Waals surface area contributed by atoms with Crippen LogP contribution in [-0.2, 0) is 21.5 Å². The first-order valence-corrected chi connectivity index (χ1v) is 9.85. The number of carbonyl (C=O) groups excluding carboxylic acids is 1.